The molecule has 2 fully saturated rings. The SMILES string of the molecule is COc1c(C)c2c(c(OCc3ccccc3)c1CCOP(=O)(O)CP(=O)(O)OC[C@H]1O[C@@H](n3cnc4c(N)nc(-c5ccccc5)nc43)[C@@H]3OC(C)(C)O[C@@H]31)C(=O)OC2. The van der Waals surface area contributed by atoms with Gasteiger partial charge in [-0.15, -0.1) is 0 Å². The van der Waals surface area contributed by atoms with Crippen molar-refractivity contribution >= 4 is 38.1 Å². The number of carbonyl (C=O) groups is 1. The van der Waals surface area contributed by atoms with Crippen molar-refractivity contribution < 1.29 is 61.2 Å². The maximum Gasteiger partial charge on any atom is 0.342 e. The standard InChI is InChI=1S/C39H43N5O13P2/c1-22-26-18-52-38(45)28(26)31(51-17-23-11-7-5-8-12-23)25(30(22)50-4)15-16-53-58(46,47)21-59(48,49)54-19-27-32-33(57-39(2,3)56-32)37(55-27)44-20-41-29-34(40)42-35(43-36(29)44)24-13-9-6-10-14-24/h5-14,20,27,32-33,37H,15-19,21H2,1-4H3,(H,46,47)(H,48,49)(H2,40,42,43)/t27-,32-,33-,37-/m1/s1. The zero-order chi connectivity index (χ0) is 41.7. The topological polar surface area (TPSA) is 235 Å². The van der Waals surface area contributed by atoms with Crippen molar-refractivity contribution in [1.29, 1.82) is 0 Å². The van der Waals surface area contributed by atoms with E-state index < -0.39 is 70.6 Å². The summed E-state index contributed by atoms with van der Waals surface area (Å²) in [5.74, 6) is -1.73. The number of esters is 1. The minimum atomic E-state index is -4.79. The average Bonchev–Trinajstić information content (AvgIpc) is 3.96. The maximum atomic E-state index is 13.4. The monoisotopic (exact) mass is 851 g/mol. The number of hydrogen-bond acceptors (Lipinski definition) is 15. The van der Waals surface area contributed by atoms with E-state index in [-0.39, 0.29) is 36.8 Å². The van der Waals surface area contributed by atoms with Gasteiger partial charge in [0, 0.05) is 23.1 Å². The minimum Gasteiger partial charge on any atom is -0.496 e. The van der Waals surface area contributed by atoms with Crippen LogP contribution in [0.4, 0.5) is 5.82 Å². The van der Waals surface area contributed by atoms with E-state index in [1.54, 1.807) is 25.3 Å². The molecule has 0 saturated carbocycles. The Morgan fingerprint density at radius 2 is 1.66 bits per heavy atom. The lowest BCUT2D eigenvalue weighted by atomic mass is 9.95. The van der Waals surface area contributed by atoms with Crippen molar-refractivity contribution in [2.75, 3.05) is 32.0 Å². The fourth-order valence-electron chi connectivity index (χ4n) is 7.59. The molecule has 0 bridgehead atoms. The summed E-state index contributed by atoms with van der Waals surface area (Å²) in [5, 5.41) is 0. The van der Waals surface area contributed by atoms with E-state index in [1.165, 1.54) is 13.4 Å². The summed E-state index contributed by atoms with van der Waals surface area (Å²) in [7, 11) is -8.09. The van der Waals surface area contributed by atoms with E-state index in [0.29, 0.717) is 39.4 Å². The van der Waals surface area contributed by atoms with Crippen LogP contribution < -0.4 is 15.2 Å². The van der Waals surface area contributed by atoms with Crippen molar-refractivity contribution in [1.82, 2.24) is 19.5 Å². The number of nitrogens with zero attached hydrogens (tertiary/aromatic N) is 4. The number of ether oxygens (including phenoxy) is 6. The lowest BCUT2D eigenvalue weighted by molar-refractivity contribution is -0.199. The molecule has 0 aliphatic carbocycles. The highest BCUT2D eigenvalue weighted by Crippen LogP contribution is 2.59. The molecule has 4 N–H and O–H groups in total. The molecule has 6 atom stereocenters. The van der Waals surface area contributed by atoms with Crippen molar-refractivity contribution in [3.8, 4) is 22.9 Å². The smallest absolute Gasteiger partial charge is 0.342 e. The molecule has 0 spiro atoms. The summed E-state index contributed by atoms with van der Waals surface area (Å²) in [6.07, 6.45) is -1.93. The van der Waals surface area contributed by atoms with Gasteiger partial charge in [-0.2, -0.15) is 0 Å². The molecule has 20 heteroatoms. The molecule has 3 aliphatic heterocycles. The Morgan fingerprint density at radius 3 is 2.39 bits per heavy atom. The van der Waals surface area contributed by atoms with E-state index in [0.717, 1.165) is 11.1 Å². The number of aromatic nitrogens is 4. The fourth-order valence-corrected chi connectivity index (χ4v) is 10.8. The Hall–Kier alpha value is -4.74. The molecular formula is C39H43N5O13P2. The molecule has 3 aliphatic rings. The second-order valence-electron chi connectivity index (χ2n) is 14.7. The third-order valence-electron chi connectivity index (χ3n) is 10.2. The first kappa shape index (κ1) is 41.0. The van der Waals surface area contributed by atoms with Crippen LogP contribution >= 0.6 is 15.2 Å². The maximum absolute atomic E-state index is 13.4. The minimum absolute atomic E-state index is 0.0391. The van der Waals surface area contributed by atoms with Crippen LogP contribution in [0.5, 0.6) is 11.5 Å². The van der Waals surface area contributed by atoms with Crippen LogP contribution in [-0.4, -0.2) is 85.6 Å². The number of cyclic esters (lactones) is 1. The normalized spacial score (nSPS) is 22.7. The van der Waals surface area contributed by atoms with Crippen LogP contribution in [0.25, 0.3) is 22.6 Å². The number of carbonyl (C=O) groups excluding carboxylic acids is 1. The van der Waals surface area contributed by atoms with Gasteiger partial charge in [-0.05, 0) is 31.9 Å². The highest BCUT2D eigenvalue weighted by molar-refractivity contribution is 7.70. The molecule has 18 nitrogen and oxygen atoms in total. The third-order valence-corrected chi connectivity index (χ3v) is 14.2. The van der Waals surface area contributed by atoms with Gasteiger partial charge in [0.15, 0.2) is 35.2 Å². The summed E-state index contributed by atoms with van der Waals surface area (Å²) >= 11 is 0. The number of nitrogen functional groups attached to an aromatic ring is 1. The first-order valence-corrected chi connectivity index (χ1v) is 22.2. The lowest BCUT2D eigenvalue weighted by Crippen LogP contribution is -2.32. The van der Waals surface area contributed by atoms with Crippen LogP contribution in [0.2, 0.25) is 0 Å². The number of fused-ring (bicyclic) bond motifs is 3. The molecule has 2 saturated heterocycles. The summed E-state index contributed by atoms with van der Waals surface area (Å²) in [4.78, 5) is 48.1. The Morgan fingerprint density at radius 1 is 0.966 bits per heavy atom. The number of nitrogens with two attached hydrogens (primary N) is 1. The van der Waals surface area contributed by atoms with Crippen LogP contribution in [0, 0.1) is 6.92 Å². The number of methoxy groups -OCH3 is 1. The zero-order valence-electron chi connectivity index (χ0n) is 32.5. The molecule has 8 rings (SSSR count). The van der Waals surface area contributed by atoms with E-state index in [2.05, 4.69) is 9.97 Å². The number of anilines is 1. The Kier molecular flexibility index (Phi) is 11.1. The molecule has 2 aromatic heterocycles. The first-order chi connectivity index (χ1) is 28.1. The summed E-state index contributed by atoms with van der Waals surface area (Å²) in [6, 6.07) is 18.6. The molecule has 0 radical (unpaired) electrons. The van der Waals surface area contributed by atoms with Gasteiger partial charge in [-0.1, -0.05) is 60.7 Å². The van der Waals surface area contributed by atoms with Gasteiger partial charge in [-0.25, -0.2) is 19.7 Å². The second kappa shape index (κ2) is 16.0. The molecule has 3 aromatic carbocycles. The molecule has 5 heterocycles. The van der Waals surface area contributed by atoms with Gasteiger partial charge in [-0.3, -0.25) is 13.7 Å². The Balaban J connectivity index is 0.953. The van der Waals surface area contributed by atoms with Crippen LogP contribution in [0.15, 0.2) is 67.0 Å². The zero-order valence-corrected chi connectivity index (χ0v) is 34.3. The molecule has 5 aromatic rings. The quantitative estimate of drug-likeness (QED) is 0.0851. The highest BCUT2D eigenvalue weighted by atomic mass is 31.2. The largest absolute Gasteiger partial charge is 0.496 e. The Labute approximate surface area is 338 Å². The van der Waals surface area contributed by atoms with E-state index in [1.807, 2.05) is 60.7 Å². The van der Waals surface area contributed by atoms with Gasteiger partial charge in [0.25, 0.3) is 0 Å². The highest BCUT2D eigenvalue weighted by Gasteiger charge is 2.56. The van der Waals surface area contributed by atoms with Gasteiger partial charge in [0.05, 0.1) is 26.7 Å². The number of rotatable bonds is 15. The van der Waals surface area contributed by atoms with E-state index >= 15 is 0 Å². The van der Waals surface area contributed by atoms with Crippen LogP contribution in [0.1, 0.15) is 52.7 Å². The first-order valence-electron chi connectivity index (χ1n) is 18.7. The molecule has 0 amide bonds. The molecule has 59 heavy (non-hydrogen) atoms. The number of benzene rings is 3. The Bertz CT molecular complexity index is 2490. The average molecular weight is 852 g/mol. The van der Waals surface area contributed by atoms with Gasteiger partial charge < -0.3 is 53.0 Å². The number of hydrogen-bond donors (Lipinski definition) is 3. The van der Waals surface area contributed by atoms with E-state index in [9.17, 15) is 23.7 Å². The predicted octanol–water partition coefficient (Wildman–Crippen LogP) is 5.66. The second-order valence-corrected chi connectivity index (χ2v) is 18.9. The van der Waals surface area contributed by atoms with Crippen LogP contribution in [0.3, 0.4) is 0 Å². The van der Waals surface area contributed by atoms with Crippen molar-refractivity contribution in [2.45, 2.75) is 70.7 Å². The molecule has 312 valence electrons. The molecule has 2 unspecified atom stereocenters. The van der Waals surface area contributed by atoms with Gasteiger partial charge >= 0.3 is 21.2 Å². The fraction of sp³-hybridized carbons (Fsp3) is 0.385. The van der Waals surface area contributed by atoms with E-state index in [4.69, 9.17) is 48.2 Å². The van der Waals surface area contributed by atoms with Gasteiger partial charge in [0.2, 0.25) is 0 Å². The van der Waals surface area contributed by atoms with Crippen molar-refractivity contribution in [2.24, 2.45) is 0 Å². The van der Waals surface area contributed by atoms with Crippen molar-refractivity contribution in [3.05, 3.63) is 94.8 Å². The van der Waals surface area contributed by atoms with Crippen molar-refractivity contribution in [3.63, 3.8) is 0 Å². The number of imidazole rings is 1. The third kappa shape index (κ3) is 8.38. The molecular weight excluding hydrogens is 808 g/mol. The summed E-state index contributed by atoms with van der Waals surface area (Å²) in [5.41, 5.74) is 10.5. The summed E-state index contributed by atoms with van der Waals surface area (Å²) < 4.78 is 75.0. The lowest BCUT2D eigenvalue weighted by Gasteiger charge is -2.25. The van der Waals surface area contributed by atoms with Crippen LogP contribution in [-0.2, 0) is 56.8 Å². The van der Waals surface area contributed by atoms with Gasteiger partial charge in [0.1, 0.15) is 54.1 Å². The predicted molar refractivity (Wildman–Crippen MR) is 211 cm³/mol. The summed E-state index contributed by atoms with van der Waals surface area (Å²) in [6.45, 7) is 4.46.